The summed E-state index contributed by atoms with van der Waals surface area (Å²) in [7, 11) is -10.1. The molecule has 0 spiro atoms. The van der Waals surface area contributed by atoms with Crippen molar-refractivity contribution in [2.75, 3.05) is 0 Å². The molecule has 0 fully saturated rings. The van der Waals surface area contributed by atoms with Crippen LogP contribution in [0.3, 0.4) is 0 Å². The summed E-state index contributed by atoms with van der Waals surface area (Å²) in [6, 6.07) is 0. The average Bonchev–Trinajstić information content (AvgIpc) is 1.12. The summed E-state index contributed by atoms with van der Waals surface area (Å²) < 4.78 is 66.9. The molecule has 0 aliphatic rings. The molecule has 0 heterocycles. The fourth-order valence-electron chi connectivity index (χ4n) is 0. The quantitative estimate of drug-likeness (QED) is 0.346. The molecule has 0 rings (SSSR count). The summed E-state index contributed by atoms with van der Waals surface area (Å²) in [4.78, 5) is 0. The average molecular weight is 383 g/mol. The van der Waals surface area contributed by atoms with Gasteiger partial charge in [-0.15, -0.1) is 0 Å². The van der Waals surface area contributed by atoms with Gasteiger partial charge in [-0.3, -0.25) is 13.0 Å². The van der Waals surface area contributed by atoms with Crippen LogP contribution in [0.5, 0.6) is 0 Å². The summed E-state index contributed by atoms with van der Waals surface area (Å²) in [5.74, 6) is 0. The van der Waals surface area contributed by atoms with E-state index in [1.54, 1.807) is 0 Å². The third kappa shape index (κ3) is 788. The van der Waals surface area contributed by atoms with Crippen molar-refractivity contribution in [1.82, 2.24) is 6.15 Å². The predicted molar refractivity (Wildman–Crippen MR) is 27.8 cm³/mol. The van der Waals surface area contributed by atoms with Gasteiger partial charge >= 0.3 is 46.9 Å². The topological polar surface area (TPSA) is 193 Å². The van der Waals surface area contributed by atoms with Gasteiger partial charge in [0, 0.05) is 10.4 Å². The van der Waals surface area contributed by atoms with Crippen LogP contribution < -0.4 is 6.15 Å². The summed E-state index contributed by atoms with van der Waals surface area (Å²) in [6.45, 7) is 0. The van der Waals surface area contributed by atoms with E-state index in [1.807, 2.05) is 0 Å². The Morgan fingerprint density at radius 2 is 0.917 bits per heavy atom. The molecule has 12 heteroatoms. The standard InChI is InChI=1S/H3N.2H2O4S.Yb/c;2*1-5(2,3)4;/h1H3;2*(H2,1,2,3,4);/q;;;+3/p-3. The molecule has 0 aliphatic carbocycles. The van der Waals surface area contributed by atoms with Gasteiger partial charge in [0.25, 0.3) is 0 Å². The molecule has 0 aromatic rings. The first-order valence-corrected chi connectivity index (χ1v) is 4.05. The van der Waals surface area contributed by atoms with Crippen LogP contribution in [0.2, 0.25) is 0 Å². The first kappa shape index (κ1) is 23.2. The van der Waals surface area contributed by atoms with E-state index in [1.165, 1.54) is 0 Å². The van der Waals surface area contributed by atoms with Crippen LogP contribution in [0, 0.1) is 46.9 Å². The molecule has 0 amide bonds. The first-order chi connectivity index (χ1) is 4.00. The van der Waals surface area contributed by atoms with Gasteiger partial charge < -0.3 is 19.8 Å². The molecule has 0 atom stereocenters. The third-order valence-corrected chi connectivity index (χ3v) is 0. The smallest absolute Gasteiger partial charge is 0.759 e. The molecule has 9 nitrogen and oxygen atoms in total. The zero-order chi connectivity index (χ0) is 9.00. The van der Waals surface area contributed by atoms with E-state index in [0.717, 1.165) is 0 Å². The van der Waals surface area contributed by atoms with E-state index in [9.17, 15) is 0 Å². The van der Waals surface area contributed by atoms with Gasteiger partial charge in [0.1, 0.15) is 0 Å². The largest absolute Gasteiger partial charge is 3.00 e. The van der Waals surface area contributed by atoms with Crippen molar-refractivity contribution in [3.05, 3.63) is 0 Å². The van der Waals surface area contributed by atoms with Crippen molar-refractivity contribution in [1.29, 1.82) is 0 Å². The van der Waals surface area contributed by atoms with Gasteiger partial charge in [0.2, 0.25) is 10.4 Å². The van der Waals surface area contributed by atoms with Crippen molar-refractivity contribution in [3.8, 4) is 0 Å². The zero-order valence-electron chi connectivity index (χ0n) is 5.10. The first-order valence-electron chi connectivity index (χ1n) is 1.35. The maximum Gasteiger partial charge on any atom is 3.00 e. The Morgan fingerprint density at radius 1 is 0.917 bits per heavy atom. The van der Waals surface area contributed by atoms with E-state index in [2.05, 4.69) is 0 Å². The second-order valence-corrected chi connectivity index (χ2v) is 2.51. The summed E-state index contributed by atoms with van der Waals surface area (Å²) in [5.41, 5.74) is 0. The van der Waals surface area contributed by atoms with E-state index < -0.39 is 20.8 Å². The number of rotatable bonds is 0. The molecule has 83 valence electrons. The molecule has 0 saturated heterocycles. The second kappa shape index (κ2) is 8.80. The monoisotopic (exact) mass is 384 g/mol. The van der Waals surface area contributed by atoms with Gasteiger partial charge in [-0.2, -0.15) is 0 Å². The molecule has 0 aromatic heterocycles. The van der Waals surface area contributed by atoms with Gasteiger partial charge in [-0.25, -0.2) is 8.42 Å². The van der Waals surface area contributed by atoms with Crippen molar-refractivity contribution in [3.63, 3.8) is 0 Å². The van der Waals surface area contributed by atoms with Crippen LogP contribution >= 0.6 is 0 Å². The molecule has 0 bridgehead atoms. The Hall–Kier alpha value is 1.22. The number of hydrogen-bond donors (Lipinski definition) is 2. The molecule has 12 heavy (non-hydrogen) atoms. The van der Waals surface area contributed by atoms with Crippen LogP contribution in [-0.4, -0.2) is 35.0 Å². The maximum atomic E-state index is 8.63. The van der Waals surface area contributed by atoms with Gasteiger partial charge in [-0.1, -0.05) is 0 Å². The normalized spacial score (nSPS) is 9.67. The molecule has 0 aliphatic heterocycles. The molecule has 0 saturated carbocycles. The Labute approximate surface area is 108 Å². The minimum Gasteiger partial charge on any atom is -0.759 e. The van der Waals surface area contributed by atoms with Gasteiger partial charge in [0.05, 0.1) is 0 Å². The minimum atomic E-state index is -5.17. The molecule has 0 unspecified atom stereocenters. The van der Waals surface area contributed by atoms with E-state index in [0.29, 0.717) is 0 Å². The van der Waals surface area contributed by atoms with E-state index in [4.69, 9.17) is 35.0 Å². The predicted octanol–water partition coefficient (Wildman–Crippen LogP) is -2.17. The van der Waals surface area contributed by atoms with E-state index >= 15 is 0 Å². The van der Waals surface area contributed by atoms with Crippen molar-refractivity contribution >= 4 is 20.8 Å². The third-order valence-electron chi connectivity index (χ3n) is 0. The van der Waals surface area contributed by atoms with Crippen LogP contribution in [0.15, 0.2) is 0 Å². The van der Waals surface area contributed by atoms with Crippen LogP contribution in [-0.2, 0) is 20.8 Å². The van der Waals surface area contributed by atoms with Crippen molar-refractivity contribution < 1.29 is 82.0 Å². The second-order valence-electron chi connectivity index (χ2n) is 0.836. The number of hydrogen-bond acceptors (Lipinski definition) is 8. The molecular formula is H4NO8S2Yb. The maximum absolute atomic E-state index is 8.63. The zero-order valence-corrected chi connectivity index (χ0v) is 8.44. The summed E-state index contributed by atoms with van der Waals surface area (Å²) in [5, 5.41) is 0. The Bertz CT molecular complexity index is 213. The minimum absolute atomic E-state index is 0. The Balaban J connectivity index is -0.0000000457. The fraction of sp³-hybridized carbons (Fsp3) is 0. The SMILES string of the molecule is N.O=S(=O)([O-])O.O=S(=O)([O-])[O-].[Yb+3]. The summed E-state index contributed by atoms with van der Waals surface area (Å²) >= 11 is 0. The Kier molecular flexibility index (Phi) is 17.0. The van der Waals surface area contributed by atoms with Crippen LogP contribution in [0.1, 0.15) is 0 Å². The van der Waals surface area contributed by atoms with Gasteiger partial charge in [0.15, 0.2) is 0 Å². The van der Waals surface area contributed by atoms with Crippen LogP contribution in [0.25, 0.3) is 0 Å². The van der Waals surface area contributed by atoms with Crippen molar-refractivity contribution in [2.45, 2.75) is 0 Å². The van der Waals surface area contributed by atoms with Crippen LogP contribution in [0.4, 0.5) is 0 Å². The molecular weight excluding hydrogens is 379 g/mol. The molecule has 4 N–H and O–H groups in total. The van der Waals surface area contributed by atoms with Gasteiger partial charge in [-0.05, 0) is 0 Å². The summed E-state index contributed by atoms with van der Waals surface area (Å²) in [6.07, 6.45) is 0. The van der Waals surface area contributed by atoms with Crippen molar-refractivity contribution in [2.24, 2.45) is 0 Å². The fourth-order valence-corrected chi connectivity index (χ4v) is 0. The molecule has 0 aromatic carbocycles. The molecule has 1 radical (unpaired) electrons. The Morgan fingerprint density at radius 3 is 0.917 bits per heavy atom. The van der Waals surface area contributed by atoms with E-state index in [-0.39, 0.29) is 53.1 Å².